The van der Waals surface area contributed by atoms with E-state index in [1.807, 2.05) is 19.1 Å². The van der Waals surface area contributed by atoms with Crippen molar-refractivity contribution in [2.45, 2.75) is 89.5 Å². The lowest BCUT2D eigenvalue weighted by molar-refractivity contribution is -0.153. The lowest BCUT2D eigenvalue weighted by Gasteiger charge is -2.41. The van der Waals surface area contributed by atoms with Crippen LogP contribution in [-0.4, -0.2) is 23.0 Å². The van der Waals surface area contributed by atoms with Gasteiger partial charge in [-0.2, -0.15) is 13.2 Å². The molecule has 1 rings (SSSR count). The van der Waals surface area contributed by atoms with Crippen LogP contribution in [0.5, 0.6) is 0 Å². The molecule has 2 unspecified atom stereocenters. The lowest BCUT2D eigenvalue weighted by Crippen LogP contribution is -2.41. The molecule has 2 atom stereocenters. The molecular weight excluding hydrogens is 317 g/mol. The Labute approximate surface area is 143 Å². The van der Waals surface area contributed by atoms with Crippen molar-refractivity contribution in [1.29, 1.82) is 0 Å². The van der Waals surface area contributed by atoms with E-state index in [0.29, 0.717) is 25.2 Å². The van der Waals surface area contributed by atoms with Gasteiger partial charge in [-0.15, -0.1) is 0 Å². The van der Waals surface area contributed by atoms with E-state index in [0.717, 1.165) is 25.7 Å². The Hall–Kier alpha value is -1.15. The highest BCUT2D eigenvalue weighted by Gasteiger charge is 2.38. The average Bonchev–Trinajstić information content (AvgIpc) is 2.42. The zero-order chi connectivity index (χ0) is 18.1. The molecule has 24 heavy (non-hydrogen) atoms. The van der Waals surface area contributed by atoms with Crippen molar-refractivity contribution < 1.29 is 23.0 Å². The normalized spacial score (nSPS) is 19.2. The van der Waals surface area contributed by atoms with Gasteiger partial charge < -0.3 is 9.84 Å². The molecule has 0 aliphatic heterocycles. The number of alkyl halides is 3. The molecule has 0 spiro atoms. The average molecular weight is 346 g/mol. The molecule has 5 heteroatoms. The maximum absolute atomic E-state index is 12.3. The second-order valence-electron chi connectivity index (χ2n) is 6.59. The second-order valence-corrected chi connectivity index (χ2v) is 6.59. The molecule has 0 amide bonds. The molecular formula is C19H29F3O2. The second kappa shape index (κ2) is 9.98. The zero-order valence-corrected chi connectivity index (χ0v) is 14.7. The van der Waals surface area contributed by atoms with Crippen molar-refractivity contribution in [3.63, 3.8) is 0 Å². The van der Waals surface area contributed by atoms with E-state index in [4.69, 9.17) is 4.74 Å². The van der Waals surface area contributed by atoms with Crippen molar-refractivity contribution in [3.05, 3.63) is 12.2 Å². The summed E-state index contributed by atoms with van der Waals surface area (Å²) in [6, 6.07) is 0. The van der Waals surface area contributed by atoms with Crippen molar-refractivity contribution in [2.24, 2.45) is 5.92 Å². The minimum Gasteiger partial charge on any atom is -0.443 e. The van der Waals surface area contributed by atoms with Gasteiger partial charge in [-0.1, -0.05) is 31.4 Å². The predicted octanol–water partition coefficient (Wildman–Crippen LogP) is 5.36. The fraction of sp³-hybridized carbons (Fsp3) is 0.789. The van der Waals surface area contributed by atoms with Crippen LogP contribution in [0, 0.1) is 17.9 Å². The van der Waals surface area contributed by atoms with E-state index in [1.165, 1.54) is 0 Å². The summed E-state index contributed by atoms with van der Waals surface area (Å²) in [4.78, 5) is 0. The fourth-order valence-corrected chi connectivity index (χ4v) is 2.96. The van der Waals surface area contributed by atoms with E-state index in [1.54, 1.807) is 6.92 Å². The summed E-state index contributed by atoms with van der Waals surface area (Å²) in [7, 11) is 0. The van der Waals surface area contributed by atoms with E-state index < -0.39 is 24.3 Å². The Balaban J connectivity index is 2.44. The van der Waals surface area contributed by atoms with Crippen LogP contribution in [0.15, 0.2) is 12.2 Å². The van der Waals surface area contributed by atoms with Gasteiger partial charge in [0.15, 0.2) is 0 Å². The number of hydrogen-bond donors (Lipinski definition) is 1. The zero-order valence-electron chi connectivity index (χ0n) is 14.7. The molecule has 1 aliphatic rings. The summed E-state index contributed by atoms with van der Waals surface area (Å²) >= 11 is 0. The third-order valence-electron chi connectivity index (χ3n) is 4.74. The minimum atomic E-state index is -4.24. The smallest absolute Gasteiger partial charge is 0.392 e. The van der Waals surface area contributed by atoms with Gasteiger partial charge in [-0.3, -0.25) is 0 Å². The fourth-order valence-electron chi connectivity index (χ4n) is 2.96. The molecule has 0 aromatic rings. The largest absolute Gasteiger partial charge is 0.443 e. The quantitative estimate of drug-likeness (QED) is 0.450. The van der Waals surface area contributed by atoms with Crippen LogP contribution in [0.25, 0.3) is 0 Å². The number of halogens is 3. The van der Waals surface area contributed by atoms with E-state index in [2.05, 4.69) is 12.0 Å². The Morgan fingerprint density at radius 2 is 2.00 bits per heavy atom. The summed E-state index contributed by atoms with van der Waals surface area (Å²) in [5.41, 5.74) is -0.720. The van der Waals surface area contributed by atoms with Gasteiger partial charge in [0.05, 0.1) is 12.0 Å². The minimum absolute atomic E-state index is 0.267. The van der Waals surface area contributed by atoms with Gasteiger partial charge >= 0.3 is 6.18 Å². The first-order valence-electron chi connectivity index (χ1n) is 8.84. The maximum Gasteiger partial charge on any atom is 0.392 e. The number of ether oxygens (including phenoxy) is 1. The topological polar surface area (TPSA) is 29.5 Å². The first kappa shape index (κ1) is 20.9. The van der Waals surface area contributed by atoms with E-state index >= 15 is 0 Å². The Morgan fingerprint density at radius 1 is 1.29 bits per heavy atom. The molecule has 1 fully saturated rings. The maximum atomic E-state index is 12.3. The Morgan fingerprint density at radius 3 is 2.50 bits per heavy atom. The summed E-state index contributed by atoms with van der Waals surface area (Å²) in [5.74, 6) is 3.09. The Bertz CT molecular complexity index is 444. The highest BCUT2D eigenvalue weighted by atomic mass is 19.4. The predicted molar refractivity (Wildman–Crippen MR) is 89.2 cm³/mol. The highest BCUT2D eigenvalue weighted by Crippen LogP contribution is 2.41. The first-order chi connectivity index (χ1) is 11.3. The number of aliphatic hydroxyl groups is 1. The van der Waals surface area contributed by atoms with Gasteiger partial charge in [0.2, 0.25) is 0 Å². The van der Waals surface area contributed by atoms with Crippen LogP contribution in [-0.2, 0) is 4.74 Å². The van der Waals surface area contributed by atoms with Crippen LogP contribution in [0.3, 0.4) is 0 Å². The summed E-state index contributed by atoms with van der Waals surface area (Å²) in [6.07, 6.45) is 6.30. The Kier molecular flexibility index (Phi) is 8.69. The molecule has 1 aliphatic carbocycles. The monoisotopic (exact) mass is 346 g/mol. The summed E-state index contributed by atoms with van der Waals surface area (Å²) < 4.78 is 42.0. The van der Waals surface area contributed by atoms with Crippen molar-refractivity contribution in [2.75, 3.05) is 0 Å². The third-order valence-corrected chi connectivity index (χ3v) is 4.74. The number of allylic oxidation sites excluding steroid dienone is 2. The molecule has 0 saturated heterocycles. The molecule has 0 radical (unpaired) electrons. The van der Waals surface area contributed by atoms with E-state index in [9.17, 15) is 18.3 Å². The van der Waals surface area contributed by atoms with Gasteiger partial charge in [-0.25, -0.2) is 0 Å². The van der Waals surface area contributed by atoms with Crippen molar-refractivity contribution in [3.8, 4) is 12.0 Å². The standard InChI is InChI=1S/C19H29F3O2/c1-3-5-6-12-18(23,16-10-9-11-16)13-7-8-14-24-17(4-2)15-19(20,21)22/h3,5,16-17,23H,4,6-7,9-13,15H2,1-2H3. The lowest BCUT2D eigenvalue weighted by atomic mass is 9.69. The van der Waals surface area contributed by atoms with Crippen LogP contribution in [0.2, 0.25) is 0 Å². The number of hydrogen-bond acceptors (Lipinski definition) is 2. The molecule has 1 saturated carbocycles. The first-order valence-corrected chi connectivity index (χ1v) is 8.84. The summed E-state index contributed by atoms with van der Waals surface area (Å²) in [5, 5.41) is 10.9. The molecule has 0 aromatic heterocycles. The van der Waals surface area contributed by atoms with Crippen molar-refractivity contribution >= 4 is 0 Å². The van der Waals surface area contributed by atoms with Crippen LogP contribution in [0.1, 0.15) is 71.6 Å². The molecule has 1 N–H and O–H groups in total. The van der Waals surface area contributed by atoms with Gasteiger partial charge in [0.25, 0.3) is 0 Å². The molecule has 0 bridgehead atoms. The molecule has 138 valence electrons. The molecule has 0 aromatic carbocycles. The number of rotatable bonds is 9. The van der Waals surface area contributed by atoms with Crippen LogP contribution >= 0.6 is 0 Å². The van der Waals surface area contributed by atoms with Crippen molar-refractivity contribution in [1.82, 2.24) is 0 Å². The summed E-state index contributed by atoms with van der Waals surface area (Å²) in [6.45, 7) is 3.60. The highest BCUT2D eigenvalue weighted by molar-refractivity contribution is 4.99. The molecule has 2 nitrogen and oxygen atoms in total. The van der Waals surface area contributed by atoms with Crippen LogP contribution < -0.4 is 0 Å². The third kappa shape index (κ3) is 7.61. The van der Waals surface area contributed by atoms with Crippen LogP contribution in [0.4, 0.5) is 13.2 Å². The van der Waals surface area contributed by atoms with Gasteiger partial charge in [0.1, 0.15) is 12.2 Å². The van der Waals surface area contributed by atoms with E-state index in [-0.39, 0.29) is 6.42 Å². The van der Waals surface area contributed by atoms with Gasteiger partial charge in [0, 0.05) is 6.42 Å². The van der Waals surface area contributed by atoms with Gasteiger partial charge in [-0.05, 0) is 51.4 Å². The SMILES string of the molecule is CC=CCCC(O)(CCC#COC(CC)CC(F)(F)F)C1CCC1. The molecule has 0 heterocycles.